The largest absolute Gasteiger partial charge is 0.468 e. The molecule has 0 saturated heterocycles. The number of anilines is 1. The number of para-hydroxylation sites is 1. The van der Waals surface area contributed by atoms with Crippen LogP contribution in [-0.2, 0) is 14.3 Å². The summed E-state index contributed by atoms with van der Waals surface area (Å²) in [5, 5.41) is 2.47. The molecular weight excluding hydrogens is 365 g/mol. The number of hydrogen-bond donors (Lipinski definition) is 1. The maximum atomic E-state index is 11.7. The summed E-state index contributed by atoms with van der Waals surface area (Å²) < 4.78 is 5.57. The molecule has 1 N–H and O–H groups in total. The average molecular weight is 379 g/mol. The lowest BCUT2D eigenvalue weighted by Gasteiger charge is -2.10. The summed E-state index contributed by atoms with van der Waals surface area (Å²) in [6.45, 7) is 1.72. The van der Waals surface area contributed by atoms with Crippen LogP contribution in [0.15, 0.2) is 24.3 Å². The van der Waals surface area contributed by atoms with Crippen LogP contribution < -0.4 is 5.32 Å². The van der Waals surface area contributed by atoms with Crippen molar-refractivity contribution in [2.24, 2.45) is 0 Å². The highest BCUT2D eigenvalue weighted by Gasteiger charge is 2.15. The number of ether oxygens (including phenoxy) is 1. The molecule has 0 bridgehead atoms. The topological polar surface area (TPSA) is 55.4 Å². The molecule has 1 rings (SSSR count). The fraction of sp³-hybridized carbons (Fsp3) is 0.333. The second-order valence-corrected chi connectivity index (χ2v) is 6.00. The maximum absolute atomic E-state index is 11.7. The summed E-state index contributed by atoms with van der Waals surface area (Å²) in [6, 6.07) is 7.53. The molecule has 6 heteroatoms. The van der Waals surface area contributed by atoms with E-state index in [0.29, 0.717) is 0 Å². The van der Waals surface area contributed by atoms with E-state index in [1.165, 1.54) is 18.9 Å². The van der Waals surface area contributed by atoms with Crippen LogP contribution in [0.4, 0.5) is 5.69 Å². The molecule has 4 nitrogen and oxygen atoms in total. The molecule has 1 atom stereocenters. The SMILES string of the molecule is COC(=O)C(C)SCC(=O)Nc1ccccc1I. The van der Waals surface area contributed by atoms with Crippen molar-refractivity contribution in [3.8, 4) is 0 Å². The van der Waals surface area contributed by atoms with E-state index in [1.54, 1.807) is 6.92 Å². The number of esters is 1. The molecule has 0 aliphatic rings. The highest BCUT2D eigenvalue weighted by atomic mass is 127. The lowest BCUT2D eigenvalue weighted by molar-refractivity contribution is -0.139. The number of rotatable bonds is 5. The molecule has 1 unspecified atom stereocenters. The second-order valence-electron chi connectivity index (χ2n) is 3.50. The predicted octanol–water partition coefficient (Wildman–Crippen LogP) is 2.52. The van der Waals surface area contributed by atoms with Crippen molar-refractivity contribution in [3.63, 3.8) is 0 Å². The third-order valence-electron chi connectivity index (χ3n) is 2.15. The molecule has 98 valence electrons. The zero-order valence-corrected chi connectivity index (χ0v) is 13.1. The summed E-state index contributed by atoms with van der Waals surface area (Å²) in [4.78, 5) is 22.9. The summed E-state index contributed by atoms with van der Waals surface area (Å²) >= 11 is 3.41. The first kappa shape index (κ1) is 15.3. The number of halogens is 1. The first-order chi connectivity index (χ1) is 8.54. The molecule has 0 aromatic heterocycles. The predicted molar refractivity (Wildman–Crippen MR) is 81.7 cm³/mol. The Labute approximate surface area is 124 Å². The number of carbonyl (C=O) groups is 2. The molecule has 0 aliphatic carbocycles. The van der Waals surface area contributed by atoms with Crippen molar-refractivity contribution in [2.45, 2.75) is 12.2 Å². The number of methoxy groups -OCH3 is 1. The minimum absolute atomic E-state index is 0.125. The highest BCUT2D eigenvalue weighted by molar-refractivity contribution is 14.1. The fourth-order valence-electron chi connectivity index (χ4n) is 1.18. The van der Waals surface area contributed by atoms with Crippen LogP contribution in [0.25, 0.3) is 0 Å². The smallest absolute Gasteiger partial charge is 0.318 e. The highest BCUT2D eigenvalue weighted by Crippen LogP contribution is 2.18. The Bertz CT molecular complexity index is 439. The Morgan fingerprint density at radius 2 is 2.11 bits per heavy atom. The van der Waals surface area contributed by atoms with E-state index >= 15 is 0 Å². The van der Waals surface area contributed by atoms with E-state index in [0.717, 1.165) is 9.26 Å². The average Bonchev–Trinajstić information content (AvgIpc) is 2.37. The molecule has 1 aromatic carbocycles. The van der Waals surface area contributed by atoms with E-state index in [1.807, 2.05) is 24.3 Å². The van der Waals surface area contributed by atoms with Gasteiger partial charge in [0.2, 0.25) is 5.91 Å². The molecule has 0 aliphatic heterocycles. The van der Waals surface area contributed by atoms with Crippen molar-refractivity contribution in [3.05, 3.63) is 27.8 Å². The normalized spacial score (nSPS) is 11.7. The zero-order chi connectivity index (χ0) is 13.5. The van der Waals surface area contributed by atoms with Gasteiger partial charge >= 0.3 is 5.97 Å². The van der Waals surface area contributed by atoms with Gasteiger partial charge in [-0.25, -0.2) is 0 Å². The Kier molecular flexibility index (Phi) is 6.48. The van der Waals surface area contributed by atoms with Crippen LogP contribution in [0.2, 0.25) is 0 Å². The molecule has 0 radical (unpaired) electrons. The summed E-state index contributed by atoms with van der Waals surface area (Å²) in [7, 11) is 1.34. The number of amides is 1. The first-order valence-electron chi connectivity index (χ1n) is 5.28. The standard InChI is InChI=1S/C12H14INO3S/c1-8(12(16)17-2)18-7-11(15)14-10-6-4-3-5-9(10)13/h3-6,8H,7H2,1-2H3,(H,14,15). The Morgan fingerprint density at radius 1 is 1.44 bits per heavy atom. The molecule has 0 fully saturated rings. The number of thioether (sulfide) groups is 1. The fourth-order valence-corrected chi connectivity index (χ4v) is 2.41. The van der Waals surface area contributed by atoms with Gasteiger partial charge in [-0.2, -0.15) is 0 Å². The molecule has 0 saturated carbocycles. The van der Waals surface area contributed by atoms with E-state index in [-0.39, 0.29) is 22.9 Å². The number of hydrogen-bond acceptors (Lipinski definition) is 4. The second kappa shape index (κ2) is 7.63. The first-order valence-corrected chi connectivity index (χ1v) is 7.41. The van der Waals surface area contributed by atoms with Crippen LogP contribution in [-0.4, -0.2) is 30.0 Å². The van der Waals surface area contributed by atoms with Crippen molar-refractivity contribution in [2.75, 3.05) is 18.2 Å². The lowest BCUT2D eigenvalue weighted by Crippen LogP contribution is -2.20. The van der Waals surface area contributed by atoms with Crippen LogP contribution in [0.5, 0.6) is 0 Å². The molecule has 0 spiro atoms. The van der Waals surface area contributed by atoms with Crippen molar-refractivity contribution in [1.82, 2.24) is 0 Å². The van der Waals surface area contributed by atoms with Gasteiger partial charge in [0, 0.05) is 3.57 Å². The van der Waals surface area contributed by atoms with E-state index in [9.17, 15) is 9.59 Å². The third-order valence-corrected chi connectivity index (χ3v) is 4.21. The van der Waals surface area contributed by atoms with E-state index in [2.05, 4.69) is 32.6 Å². The van der Waals surface area contributed by atoms with Crippen LogP contribution in [0.1, 0.15) is 6.92 Å². The Hall–Kier alpha value is -0.760. The minimum Gasteiger partial charge on any atom is -0.468 e. The third kappa shape index (κ3) is 4.85. The van der Waals surface area contributed by atoms with Gasteiger partial charge in [-0.1, -0.05) is 12.1 Å². The molecular formula is C12H14INO3S. The van der Waals surface area contributed by atoms with Gasteiger partial charge in [0.25, 0.3) is 0 Å². The Morgan fingerprint density at radius 3 is 2.72 bits per heavy atom. The number of carbonyl (C=O) groups excluding carboxylic acids is 2. The molecule has 1 aromatic rings. The quantitative estimate of drug-likeness (QED) is 0.631. The zero-order valence-electron chi connectivity index (χ0n) is 10.1. The van der Waals surface area contributed by atoms with Crippen molar-refractivity contribution < 1.29 is 14.3 Å². The number of nitrogens with one attached hydrogen (secondary N) is 1. The van der Waals surface area contributed by atoms with E-state index in [4.69, 9.17) is 0 Å². The van der Waals surface area contributed by atoms with Gasteiger partial charge < -0.3 is 10.1 Å². The van der Waals surface area contributed by atoms with Gasteiger partial charge in [0.1, 0.15) is 5.25 Å². The van der Waals surface area contributed by atoms with Gasteiger partial charge in [-0.05, 0) is 41.6 Å². The van der Waals surface area contributed by atoms with Gasteiger partial charge in [0.15, 0.2) is 0 Å². The maximum Gasteiger partial charge on any atom is 0.318 e. The van der Waals surface area contributed by atoms with Crippen LogP contribution >= 0.6 is 34.4 Å². The summed E-state index contributed by atoms with van der Waals surface area (Å²) in [5.41, 5.74) is 0.787. The molecule has 1 amide bonds. The summed E-state index contributed by atoms with van der Waals surface area (Å²) in [6.07, 6.45) is 0. The van der Waals surface area contributed by atoms with Gasteiger partial charge in [0.05, 0.1) is 18.6 Å². The van der Waals surface area contributed by atoms with Gasteiger partial charge in [-0.15, -0.1) is 11.8 Å². The Balaban J connectivity index is 2.43. The van der Waals surface area contributed by atoms with E-state index < -0.39 is 0 Å². The molecule has 18 heavy (non-hydrogen) atoms. The van der Waals surface area contributed by atoms with Crippen molar-refractivity contribution in [1.29, 1.82) is 0 Å². The lowest BCUT2D eigenvalue weighted by atomic mass is 10.3. The molecule has 0 heterocycles. The minimum atomic E-state index is -0.337. The van der Waals surface area contributed by atoms with Gasteiger partial charge in [-0.3, -0.25) is 9.59 Å². The summed E-state index contributed by atoms with van der Waals surface area (Å²) in [5.74, 6) is -0.219. The van der Waals surface area contributed by atoms with Crippen LogP contribution in [0, 0.1) is 3.57 Å². The number of benzene rings is 1. The monoisotopic (exact) mass is 379 g/mol. The van der Waals surface area contributed by atoms with Crippen LogP contribution in [0.3, 0.4) is 0 Å². The van der Waals surface area contributed by atoms with Crippen molar-refractivity contribution >= 4 is 51.9 Å².